The van der Waals surface area contributed by atoms with E-state index in [-0.39, 0.29) is 0 Å². The predicted molar refractivity (Wildman–Crippen MR) is 59.2 cm³/mol. The van der Waals surface area contributed by atoms with Crippen LogP contribution in [-0.2, 0) is 10.0 Å². The highest BCUT2D eigenvalue weighted by atomic mass is 79.9. The first-order valence-electron chi connectivity index (χ1n) is 3.74. The summed E-state index contributed by atoms with van der Waals surface area (Å²) >= 11 is 3.26. The van der Waals surface area contributed by atoms with Gasteiger partial charge in [-0.15, -0.1) is 0 Å². The Labute approximate surface area is 91.5 Å². The van der Waals surface area contributed by atoms with E-state index in [0.717, 1.165) is 10.7 Å². The summed E-state index contributed by atoms with van der Waals surface area (Å²) < 4.78 is 30.1. The molecule has 0 aliphatic heterocycles. The van der Waals surface area contributed by atoms with Gasteiger partial charge in [-0.05, 0) is 18.2 Å². The van der Waals surface area contributed by atoms with E-state index in [2.05, 4.69) is 20.7 Å². The van der Waals surface area contributed by atoms with Gasteiger partial charge in [-0.1, -0.05) is 15.9 Å². The lowest BCUT2D eigenvalue weighted by Crippen LogP contribution is -2.10. The maximum absolute atomic E-state index is 11.0. The number of rotatable bonds is 3. The van der Waals surface area contributed by atoms with Gasteiger partial charge in [0, 0.05) is 4.47 Å². The zero-order valence-corrected chi connectivity index (χ0v) is 10.1. The molecular weight excluding hydrogens is 270 g/mol. The summed E-state index contributed by atoms with van der Waals surface area (Å²) in [6.45, 7) is 0. The second-order valence-corrected chi connectivity index (χ2v) is 5.38. The van der Waals surface area contributed by atoms with Crippen LogP contribution in [0.3, 0.4) is 0 Å². The molecule has 1 aromatic rings. The monoisotopic (exact) mass is 279 g/mol. The lowest BCUT2D eigenvalue weighted by molar-refractivity contribution is 0.416. The summed E-state index contributed by atoms with van der Waals surface area (Å²) in [5, 5.41) is 0. The topological polar surface area (TPSA) is 55.4 Å². The molecule has 0 saturated heterocycles. The van der Waals surface area contributed by atoms with E-state index >= 15 is 0 Å². The number of nitrogens with one attached hydrogen (secondary N) is 1. The second-order valence-electron chi connectivity index (χ2n) is 2.72. The van der Waals surface area contributed by atoms with Gasteiger partial charge in [-0.3, -0.25) is 4.72 Å². The molecule has 0 saturated carbocycles. The molecule has 1 N–H and O–H groups in total. The van der Waals surface area contributed by atoms with Crippen molar-refractivity contribution < 1.29 is 13.2 Å². The van der Waals surface area contributed by atoms with Crippen LogP contribution in [0, 0.1) is 0 Å². The van der Waals surface area contributed by atoms with Crippen molar-refractivity contribution in [2.24, 2.45) is 0 Å². The molecule has 0 aliphatic carbocycles. The van der Waals surface area contributed by atoms with Crippen molar-refractivity contribution in [1.82, 2.24) is 0 Å². The third-order valence-electron chi connectivity index (χ3n) is 1.46. The van der Waals surface area contributed by atoms with Crippen LogP contribution in [0.2, 0.25) is 0 Å². The van der Waals surface area contributed by atoms with Crippen molar-refractivity contribution in [2.75, 3.05) is 18.1 Å². The van der Waals surface area contributed by atoms with Gasteiger partial charge < -0.3 is 4.74 Å². The molecule has 0 amide bonds. The van der Waals surface area contributed by atoms with E-state index in [1.54, 1.807) is 18.2 Å². The molecule has 0 radical (unpaired) electrons. The molecule has 0 bridgehead atoms. The second kappa shape index (κ2) is 4.18. The first-order valence-corrected chi connectivity index (χ1v) is 6.42. The van der Waals surface area contributed by atoms with Crippen LogP contribution < -0.4 is 9.46 Å². The standard InChI is InChI=1S/C8H10BrNO3S/c1-13-8-5-6(9)3-4-7(8)10-14(2,11)12/h3-5,10H,1-2H3. The van der Waals surface area contributed by atoms with Gasteiger partial charge in [-0.25, -0.2) is 8.42 Å². The Hall–Kier alpha value is -0.750. The van der Waals surface area contributed by atoms with Crippen LogP contribution in [0.5, 0.6) is 5.75 Å². The summed E-state index contributed by atoms with van der Waals surface area (Å²) in [6, 6.07) is 5.05. The molecule has 78 valence electrons. The molecule has 0 fully saturated rings. The number of hydrogen-bond acceptors (Lipinski definition) is 3. The molecule has 0 aromatic heterocycles. The highest BCUT2D eigenvalue weighted by Crippen LogP contribution is 2.28. The van der Waals surface area contributed by atoms with Crippen molar-refractivity contribution in [3.8, 4) is 5.75 Å². The molecule has 0 aliphatic rings. The summed E-state index contributed by atoms with van der Waals surface area (Å²) in [4.78, 5) is 0. The number of halogens is 1. The van der Waals surface area contributed by atoms with E-state index in [0.29, 0.717) is 11.4 Å². The Morgan fingerprint density at radius 2 is 2.07 bits per heavy atom. The molecule has 1 aromatic carbocycles. The van der Waals surface area contributed by atoms with Crippen LogP contribution in [0.4, 0.5) is 5.69 Å². The SMILES string of the molecule is COc1cc(Br)ccc1NS(C)(=O)=O. The predicted octanol–water partition coefficient (Wildman–Crippen LogP) is 1.83. The minimum absolute atomic E-state index is 0.429. The smallest absolute Gasteiger partial charge is 0.229 e. The van der Waals surface area contributed by atoms with Gasteiger partial charge in [-0.2, -0.15) is 0 Å². The maximum atomic E-state index is 11.0. The normalized spacial score (nSPS) is 11.1. The molecule has 4 nitrogen and oxygen atoms in total. The number of methoxy groups -OCH3 is 1. The summed E-state index contributed by atoms with van der Waals surface area (Å²) in [7, 11) is -1.79. The van der Waals surface area contributed by atoms with Gasteiger partial charge in [0.2, 0.25) is 10.0 Å². The highest BCUT2D eigenvalue weighted by molar-refractivity contribution is 9.10. The molecule has 0 heterocycles. The molecule has 0 unspecified atom stereocenters. The van der Waals surface area contributed by atoms with E-state index in [1.165, 1.54) is 7.11 Å². The zero-order chi connectivity index (χ0) is 10.8. The van der Waals surface area contributed by atoms with Crippen molar-refractivity contribution in [3.63, 3.8) is 0 Å². The van der Waals surface area contributed by atoms with Crippen molar-refractivity contribution >= 4 is 31.6 Å². The van der Waals surface area contributed by atoms with Crippen molar-refractivity contribution in [1.29, 1.82) is 0 Å². The Bertz CT molecular complexity index is 430. The number of benzene rings is 1. The van der Waals surface area contributed by atoms with Gasteiger partial charge in [0.05, 0.1) is 19.1 Å². The van der Waals surface area contributed by atoms with E-state index in [4.69, 9.17) is 4.74 Å². The molecule has 0 atom stereocenters. The Morgan fingerprint density at radius 1 is 1.43 bits per heavy atom. The molecule has 0 spiro atoms. The third kappa shape index (κ3) is 3.19. The number of sulfonamides is 1. The van der Waals surface area contributed by atoms with Crippen LogP contribution in [0.15, 0.2) is 22.7 Å². The molecular formula is C8H10BrNO3S. The fourth-order valence-corrected chi connectivity index (χ4v) is 1.86. The Balaban J connectivity index is 3.09. The average molecular weight is 280 g/mol. The summed E-state index contributed by atoms with van der Waals surface area (Å²) in [5.41, 5.74) is 0.429. The summed E-state index contributed by atoms with van der Waals surface area (Å²) in [5.74, 6) is 0.477. The van der Waals surface area contributed by atoms with Crippen LogP contribution in [0.25, 0.3) is 0 Å². The first-order chi connectivity index (χ1) is 6.42. The maximum Gasteiger partial charge on any atom is 0.229 e. The molecule has 14 heavy (non-hydrogen) atoms. The number of ether oxygens (including phenoxy) is 1. The molecule has 1 rings (SSSR count). The first kappa shape index (κ1) is 11.3. The van der Waals surface area contributed by atoms with Crippen molar-refractivity contribution in [2.45, 2.75) is 0 Å². The van der Waals surface area contributed by atoms with Gasteiger partial charge in [0.25, 0.3) is 0 Å². The van der Waals surface area contributed by atoms with Crippen LogP contribution in [0.1, 0.15) is 0 Å². The minimum Gasteiger partial charge on any atom is -0.495 e. The lowest BCUT2D eigenvalue weighted by Gasteiger charge is -2.09. The largest absolute Gasteiger partial charge is 0.495 e. The lowest BCUT2D eigenvalue weighted by atomic mass is 10.3. The average Bonchev–Trinajstić information content (AvgIpc) is 2.06. The van der Waals surface area contributed by atoms with E-state index < -0.39 is 10.0 Å². The van der Waals surface area contributed by atoms with Gasteiger partial charge in [0.1, 0.15) is 5.75 Å². The van der Waals surface area contributed by atoms with Gasteiger partial charge in [0.15, 0.2) is 0 Å². The van der Waals surface area contributed by atoms with Crippen molar-refractivity contribution in [3.05, 3.63) is 22.7 Å². The van der Waals surface area contributed by atoms with Crippen LogP contribution >= 0.6 is 15.9 Å². The fraction of sp³-hybridized carbons (Fsp3) is 0.250. The Morgan fingerprint density at radius 3 is 2.57 bits per heavy atom. The van der Waals surface area contributed by atoms with Crippen LogP contribution in [-0.4, -0.2) is 21.8 Å². The highest BCUT2D eigenvalue weighted by Gasteiger charge is 2.07. The fourth-order valence-electron chi connectivity index (χ4n) is 0.949. The number of anilines is 1. The van der Waals surface area contributed by atoms with E-state index in [9.17, 15) is 8.42 Å². The third-order valence-corrected chi connectivity index (χ3v) is 2.54. The van der Waals surface area contributed by atoms with E-state index in [1.807, 2.05) is 0 Å². The number of hydrogen-bond donors (Lipinski definition) is 1. The molecule has 6 heteroatoms. The zero-order valence-electron chi connectivity index (χ0n) is 7.74. The minimum atomic E-state index is -3.27. The quantitative estimate of drug-likeness (QED) is 0.919. The summed E-state index contributed by atoms with van der Waals surface area (Å²) in [6.07, 6.45) is 1.09. The van der Waals surface area contributed by atoms with Gasteiger partial charge >= 0.3 is 0 Å². The Kier molecular flexibility index (Phi) is 3.38.